The third-order valence-corrected chi connectivity index (χ3v) is 6.56. The van der Waals surface area contributed by atoms with Crippen molar-refractivity contribution in [2.24, 2.45) is 0 Å². The zero-order valence-electron chi connectivity index (χ0n) is 21.3. The molecular formula is C28H36FeN5O4+. The van der Waals surface area contributed by atoms with Gasteiger partial charge in [0.2, 0.25) is 5.91 Å². The first kappa shape index (κ1) is 31.1. The SMILES string of the molecule is O=C(O)CN(Cc1ccccn1)[C@H]1CCCC[C@@H]1N(CC(=O)Nc1ccccc1)Cc1ccccn1.[Fe].[OH3+]. The molecule has 2 heterocycles. The molecule has 5 N–H and O–H groups in total. The van der Waals surface area contributed by atoms with Crippen LogP contribution in [0.3, 0.4) is 0 Å². The van der Waals surface area contributed by atoms with Crippen LogP contribution in [0.1, 0.15) is 37.1 Å². The molecule has 0 spiro atoms. The van der Waals surface area contributed by atoms with E-state index in [1.807, 2.05) is 71.6 Å². The molecule has 38 heavy (non-hydrogen) atoms. The number of carboxylic acid groups (broad SMARTS) is 1. The van der Waals surface area contributed by atoms with Crippen molar-refractivity contribution in [1.29, 1.82) is 0 Å². The molecule has 0 unspecified atom stereocenters. The van der Waals surface area contributed by atoms with Gasteiger partial charge >= 0.3 is 5.97 Å². The van der Waals surface area contributed by atoms with Gasteiger partial charge in [0, 0.05) is 60.3 Å². The Bertz CT molecular complexity index is 1110. The first-order chi connectivity index (χ1) is 17.6. The van der Waals surface area contributed by atoms with Crippen LogP contribution in [-0.2, 0) is 45.2 Å². The number of nitrogens with zero attached hydrogens (tertiary/aromatic N) is 4. The number of anilines is 1. The van der Waals surface area contributed by atoms with Crippen molar-refractivity contribution in [3.05, 3.63) is 90.5 Å². The number of hydrogen-bond acceptors (Lipinski definition) is 6. The van der Waals surface area contributed by atoms with E-state index < -0.39 is 5.97 Å². The van der Waals surface area contributed by atoms with Crippen LogP contribution in [-0.4, -0.2) is 61.9 Å². The summed E-state index contributed by atoms with van der Waals surface area (Å²) in [5, 5.41) is 12.7. The summed E-state index contributed by atoms with van der Waals surface area (Å²) >= 11 is 0. The molecule has 0 saturated heterocycles. The fourth-order valence-corrected chi connectivity index (χ4v) is 5.00. The fraction of sp³-hybridized carbons (Fsp3) is 0.357. The number of aliphatic carboxylic acids is 1. The van der Waals surface area contributed by atoms with Crippen LogP contribution in [0, 0.1) is 0 Å². The molecule has 2 atom stereocenters. The quantitative estimate of drug-likeness (QED) is 0.271. The smallest absolute Gasteiger partial charge is 0.317 e. The second-order valence-electron chi connectivity index (χ2n) is 9.18. The summed E-state index contributed by atoms with van der Waals surface area (Å²) in [6, 6.07) is 20.9. The van der Waals surface area contributed by atoms with Gasteiger partial charge in [-0.2, -0.15) is 0 Å². The molecule has 204 valence electrons. The molecule has 1 amide bonds. The van der Waals surface area contributed by atoms with Gasteiger partial charge in [0.1, 0.15) is 0 Å². The van der Waals surface area contributed by atoms with E-state index in [1.165, 1.54) is 0 Å². The van der Waals surface area contributed by atoms with Crippen LogP contribution in [0.15, 0.2) is 79.1 Å². The Balaban J connectivity index is 0.00000253. The van der Waals surface area contributed by atoms with Crippen LogP contribution >= 0.6 is 0 Å². The third-order valence-electron chi connectivity index (χ3n) is 6.56. The first-order valence-corrected chi connectivity index (χ1v) is 12.4. The number of hydrogen-bond donors (Lipinski definition) is 2. The summed E-state index contributed by atoms with van der Waals surface area (Å²) in [7, 11) is 0. The molecule has 4 rings (SSSR count). The van der Waals surface area contributed by atoms with Crippen LogP contribution in [0.5, 0.6) is 0 Å². The van der Waals surface area contributed by atoms with Crippen molar-refractivity contribution in [1.82, 2.24) is 19.8 Å². The second kappa shape index (κ2) is 16.0. The number of carbonyl (C=O) groups is 2. The van der Waals surface area contributed by atoms with E-state index in [1.54, 1.807) is 12.4 Å². The Kier molecular flexibility index (Phi) is 13.1. The van der Waals surface area contributed by atoms with Crippen molar-refractivity contribution < 1.29 is 37.2 Å². The van der Waals surface area contributed by atoms with Crippen LogP contribution in [0.25, 0.3) is 0 Å². The minimum atomic E-state index is -0.867. The van der Waals surface area contributed by atoms with Crippen molar-refractivity contribution in [2.75, 3.05) is 18.4 Å². The predicted octanol–water partition coefficient (Wildman–Crippen LogP) is 2.89. The van der Waals surface area contributed by atoms with Gasteiger partial charge in [-0.3, -0.25) is 29.4 Å². The van der Waals surface area contributed by atoms with E-state index in [-0.39, 0.29) is 53.6 Å². The molecule has 0 aliphatic heterocycles. The number of benzene rings is 1. The van der Waals surface area contributed by atoms with Crippen molar-refractivity contribution in [3.63, 3.8) is 0 Å². The summed E-state index contributed by atoms with van der Waals surface area (Å²) in [5.74, 6) is -0.968. The van der Waals surface area contributed by atoms with Gasteiger partial charge in [0.25, 0.3) is 0 Å². The van der Waals surface area contributed by atoms with Gasteiger partial charge in [-0.15, -0.1) is 0 Å². The Labute approximate surface area is 234 Å². The molecule has 1 aliphatic rings. The number of aromatic nitrogens is 2. The maximum atomic E-state index is 13.1. The second-order valence-corrected chi connectivity index (χ2v) is 9.18. The van der Waals surface area contributed by atoms with Gasteiger partial charge in [-0.25, -0.2) is 0 Å². The number of pyridine rings is 2. The average molecular weight is 562 g/mol. The van der Waals surface area contributed by atoms with Gasteiger partial charge in [-0.1, -0.05) is 43.2 Å². The number of rotatable bonds is 11. The Morgan fingerprint density at radius 3 is 1.76 bits per heavy atom. The zero-order valence-corrected chi connectivity index (χ0v) is 22.4. The Hall–Kier alpha value is -3.14. The molecule has 0 bridgehead atoms. The van der Waals surface area contributed by atoms with E-state index in [9.17, 15) is 14.7 Å². The molecule has 2 aromatic heterocycles. The molecule has 9 nitrogen and oxygen atoms in total. The number of carbonyl (C=O) groups excluding carboxylic acids is 1. The number of para-hydroxylation sites is 1. The maximum absolute atomic E-state index is 13.1. The van der Waals surface area contributed by atoms with Gasteiger partial charge in [-0.05, 0) is 49.2 Å². The van der Waals surface area contributed by atoms with Crippen molar-refractivity contribution in [2.45, 2.75) is 50.9 Å². The average Bonchev–Trinajstić information content (AvgIpc) is 2.89. The van der Waals surface area contributed by atoms with E-state index in [2.05, 4.69) is 20.2 Å². The van der Waals surface area contributed by atoms with Crippen molar-refractivity contribution in [3.8, 4) is 0 Å². The third kappa shape index (κ3) is 9.31. The molecule has 1 aromatic carbocycles. The predicted molar refractivity (Wildman–Crippen MR) is 143 cm³/mol. The normalized spacial score (nSPS) is 16.8. The Morgan fingerprint density at radius 1 is 0.789 bits per heavy atom. The van der Waals surface area contributed by atoms with Crippen LogP contribution in [0.4, 0.5) is 5.69 Å². The first-order valence-electron chi connectivity index (χ1n) is 12.4. The minimum absolute atomic E-state index is 0. The summed E-state index contributed by atoms with van der Waals surface area (Å²) in [6.07, 6.45) is 7.29. The molecule has 1 fully saturated rings. The monoisotopic (exact) mass is 562 g/mol. The van der Waals surface area contributed by atoms with E-state index in [0.29, 0.717) is 13.1 Å². The van der Waals surface area contributed by atoms with Crippen LogP contribution < -0.4 is 5.32 Å². The molecular weight excluding hydrogens is 526 g/mol. The molecule has 3 aromatic rings. The number of amides is 1. The standard InChI is InChI=1S/C28H33N5O3.Fe.H2O/c34-27(31-22-10-2-1-3-11-22)20-32(18-23-12-6-8-16-29-23)25-14-4-5-15-26(25)33(21-28(35)36)19-24-13-7-9-17-30-24;;/h1-3,6-13,16-17,25-26H,4-5,14-15,18-21H2,(H,31,34)(H,35,36);;1H2/p+1/t25-,26-;;/m0../s1. The largest absolute Gasteiger partial charge is 0.480 e. The zero-order chi connectivity index (χ0) is 25.2. The Morgan fingerprint density at radius 2 is 1.29 bits per heavy atom. The summed E-state index contributed by atoms with van der Waals surface area (Å²) < 4.78 is 0. The van der Waals surface area contributed by atoms with E-state index in [0.717, 1.165) is 42.8 Å². The summed E-state index contributed by atoms with van der Waals surface area (Å²) in [4.78, 5) is 38.1. The molecule has 1 saturated carbocycles. The number of nitrogens with one attached hydrogen (secondary N) is 1. The van der Waals surface area contributed by atoms with Crippen LogP contribution in [0.2, 0.25) is 0 Å². The van der Waals surface area contributed by atoms with Gasteiger partial charge in [0.15, 0.2) is 0 Å². The summed E-state index contributed by atoms with van der Waals surface area (Å²) in [6.45, 7) is 1.07. The molecule has 0 radical (unpaired) electrons. The number of carboxylic acids is 1. The summed E-state index contributed by atoms with van der Waals surface area (Å²) in [5.41, 5.74) is 2.47. The minimum Gasteiger partial charge on any atom is -0.480 e. The maximum Gasteiger partial charge on any atom is 0.317 e. The van der Waals surface area contributed by atoms with Crippen molar-refractivity contribution >= 4 is 17.6 Å². The fourth-order valence-electron chi connectivity index (χ4n) is 5.00. The molecule has 1 aliphatic carbocycles. The van der Waals surface area contributed by atoms with Gasteiger partial charge < -0.3 is 15.9 Å². The molecule has 10 heteroatoms. The van der Waals surface area contributed by atoms with E-state index >= 15 is 0 Å². The van der Waals surface area contributed by atoms with Gasteiger partial charge in [0.05, 0.1) is 24.5 Å². The topological polar surface area (TPSA) is 132 Å². The van der Waals surface area contributed by atoms with E-state index in [4.69, 9.17) is 0 Å².